The first kappa shape index (κ1) is 10.2. The first-order valence-electron chi connectivity index (χ1n) is 5.32. The number of aromatic amines is 1. The summed E-state index contributed by atoms with van der Waals surface area (Å²) in [6.07, 6.45) is 3.19. The average Bonchev–Trinajstić information content (AvgIpc) is 2.65. The van der Waals surface area contributed by atoms with Crippen LogP contribution in [0.4, 0.5) is 5.82 Å². The van der Waals surface area contributed by atoms with Crippen molar-refractivity contribution in [3.63, 3.8) is 0 Å². The van der Waals surface area contributed by atoms with Gasteiger partial charge in [-0.25, -0.2) is 0 Å². The molecule has 0 aliphatic carbocycles. The summed E-state index contributed by atoms with van der Waals surface area (Å²) in [6.45, 7) is 2.83. The molecule has 0 radical (unpaired) electrons. The second-order valence-corrected chi connectivity index (χ2v) is 3.93. The highest BCUT2D eigenvalue weighted by Crippen LogP contribution is 2.10. The smallest absolute Gasteiger partial charge is 0.242 e. The van der Waals surface area contributed by atoms with Gasteiger partial charge in [0, 0.05) is 11.8 Å². The first-order chi connectivity index (χ1) is 7.25. The molecule has 0 aromatic carbocycles. The van der Waals surface area contributed by atoms with Gasteiger partial charge in [0.05, 0.1) is 6.04 Å². The van der Waals surface area contributed by atoms with Gasteiger partial charge in [0.15, 0.2) is 5.82 Å². The Hall–Kier alpha value is -1.36. The Kier molecular flexibility index (Phi) is 3.01. The average molecular weight is 208 g/mol. The number of hydrogen-bond acceptors (Lipinski definition) is 3. The van der Waals surface area contributed by atoms with E-state index in [0.29, 0.717) is 5.82 Å². The molecule has 1 fully saturated rings. The molecule has 1 saturated heterocycles. The number of nitrogens with zero attached hydrogens (tertiary/aromatic N) is 1. The lowest BCUT2D eigenvalue weighted by Gasteiger charge is -2.21. The van der Waals surface area contributed by atoms with Crippen molar-refractivity contribution in [2.24, 2.45) is 0 Å². The van der Waals surface area contributed by atoms with Crippen LogP contribution in [-0.2, 0) is 4.79 Å². The molecule has 5 heteroatoms. The van der Waals surface area contributed by atoms with Gasteiger partial charge in [-0.3, -0.25) is 9.89 Å². The van der Waals surface area contributed by atoms with E-state index in [9.17, 15) is 4.79 Å². The van der Waals surface area contributed by atoms with Gasteiger partial charge in [0.2, 0.25) is 5.91 Å². The molecule has 1 amide bonds. The van der Waals surface area contributed by atoms with E-state index < -0.39 is 0 Å². The molecule has 1 aliphatic heterocycles. The van der Waals surface area contributed by atoms with Crippen LogP contribution in [0.3, 0.4) is 0 Å². The van der Waals surface area contributed by atoms with Crippen LogP contribution < -0.4 is 10.6 Å². The van der Waals surface area contributed by atoms with Crippen LogP contribution in [-0.4, -0.2) is 28.7 Å². The normalized spacial score (nSPS) is 21.3. The quantitative estimate of drug-likeness (QED) is 0.673. The third-order valence-corrected chi connectivity index (χ3v) is 2.58. The predicted octanol–water partition coefficient (Wildman–Crippen LogP) is 0.799. The molecule has 15 heavy (non-hydrogen) atoms. The van der Waals surface area contributed by atoms with Crippen molar-refractivity contribution in [3.05, 3.63) is 11.8 Å². The van der Waals surface area contributed by atoms with Gasteiger partial charge in [0.25, 0.3) is 0 Å². The van der Waals surface area contributed by atoms with Crippen molar-refractivity contribution >= 4 is 11.7 Å². The highest BCUT2D eigenvalue weighted by Gasteiger charge is 2.20. The Morgan fingerprint density at radius 3 is 3.07 bits per heavy atom. The van der Waals surface area contributed by atoms with Crippen molar-refractivity contribution in [2.75, 3.05) is 11.9 Å². The molecule has 5 nitrogen and oxygen atoms in total. The Balaban J connectivity index is 1.91. The number of piperidine rings is 1. The largest absolute Gasteiger partial charge is 0.308 e. The third-order valence-electron chi connectivity index (χ3n) is 2.58. The highest BCUT2D eigenvalue weighted by atomic mass is 16.2. The van der Waals surface area contributed by atoms with Crippen LogP contribution >= 0.6 is 0 Å². The van der Waals surface area contributed by atoms with E-state index in [1.807, 2.05) is 13.0 Å². The van der Waals surface area contributed by atoms with Crippen LogP contribution in [0.2, 0.25) is 0 Å². The minimum Gasteiger partial charge on any atom is -0.308 e. The zero-order valence-electron chi connectivity index (χ0n) is 8.84. The van der Waals surface area contributed by atoms with Crippen molar-refractivity contribution in [1.82, 2.24) is 15.5 Å². The molecule has 1 aromatic heterocycles. The van der Waals surface area contributed by atoms with Gasteiger partial charge in [0.1, 0.15) is 0 Å². The van der Waals surface area contributed by atoms with Crippen LogP contribution in [0.25, 0.3) is 0 Å². The first-order valence-corrected chi connectivity index (χ1v) is 5.32. The number of nitrogens with one attached hydrogen (secondary N) is 3. The van der Waals surface area contributed by atoms with Gasteiger partial charge < -0.3 is 10.6 Å². The number of carbonyl (C=O) groups excluding carboxylic acids is 1. The molecule has 1 atom stereocenters. The molecule has 82 valence electrons. The fourth-order valence-corrected chi connectivity index (χ4v) is 1.77. The molecular formula is C10H16N4O. The van der Waals surface area contributed by atoms with E-state index in [1.165, 1.54) is 0 Å². The molecule has 0 spiro atoms. The minimum absolute atomic E-state index is 0.0150. The van der Waals surface area contributed by atoms with E-state index in [1.54, 1.807) is 0 Å². The van der Waals surface area contributed by atoms with Gasteiger partial charge in [-0.1, -0.05) is 6.42 Å². The molecule has 1 aliphatic rings. The van der Waals surface area contributed by atoms with Crippen LogP contribution in [0, 0.1) is 6.92 Å². The summed E-state index contributed by atoms with van der Waals surface area (Å²) >= 11 is 0. The molecule has 2 heterocycles. The lowest BCUT2D eigenvalue weighted by atomic mass is 10.0. The number of hydrogen-bond donors (Lipinski definition) is 3. The molecule has 3 N–H and O–H groups in total. The summed E-state index contributed by atoms with van der Waals surface area (Å²) in [4.78, 5) is 11.7. The van der Waals surface area contributed by atoms with Crippen molar-refractivity contribution in [2.45, 2.75) is 32.2 Å². The molecule has 2 rings (SSSR count). The zero-order valence-corrected chi connectivity index (χ0v) is 8.84. The number of aromatic nitrogens is 2. The Morgan fingerprint density at radius 2 is 2.47 bits per heavy atom. The van der Waals surface area contributed by atoms with Gasteiger partial charge in [-0.05, 0) is 26.3 Å². The second-order valence-electron chi connectivity index (χ2n) is 3.93. The summed E-state index contributed by atoms with van der Waals surface area (Å²) in [6, 6.07) is 1.76. The topological polar surface area (TPSA) is 69.8 Å². The standard InChI is InChI=1S/C10H16N4O/c1-7-6-9(14-13-7)12-10(15)8-4-2-3-5-11-8/h6,8,11H,2-5H2,1H3,(H2,12,13,14,15)/t8-/m1/s1. The fourth-order valence-electron chi connectivity index (χ4n) is 1.77. The summed E-state index contributed by atoms with van der Waals surface area (Å²) in [5, 5.41) is 12.7. The maximum atomic E-state index is 11.7. The van der Waals surface area contributed by atoms with E-state index in [-0.39, 0.29) is 11.9 Å². The Morgan fingerprint density at radius 1 is 1.60 bits per heavy atom. The van der Waals surface area contributed by atoms with E-state index in [4.69, 9.17) is 0 Å². The maximum Gasteiger partial charge on any atom is 0.242 e. The monoisotopic (exact) mass is 208 g/mol. The summed E-state index contributed by atoms with van der Waals surface area (Å²) < 4.78 is 0. The van der Waals surface area contributed by atoms with Crippen LogP contribution in [0.1, 0.15) is 25.0 Å². The van der Waals surface area contributed by atoms with Crippen LogP contribution in [0.5, 0.6) is 0 Å². The lowest BCUT2D eigenvalue weighted by Crippen LogP contribution is -2.43. The summed E-state index contributed by atoms with van der Waals surface area (Å²) in [7, 11) is 0. The predicted molar refractivity (Wildman–Crippen MR) is 57.6 cm³/mol. The summed E-state index contributed by atoms with van der Waals surface area (Å²) in [5.41, 5.74) is 0.946. The lowest BCUT2D eigenvalue weighted by molar-refractivity contribution is -0.118. The number of rotatable bonds is 2. The molecule has 0 saturated carbocycles. The number of amides is 1. The fraction of sp³-hybridized carbons (Fsp3) is 0.600. The SMILES string of the molecule is Cc1cc(NC(=O)[C@H]2CCCCN2)n[nH]1. The third kappa shape index (κ3) is 2.56. The Bertz CT molecular complexity index is 341. The van der Waals surface area contributed by atoms with Crippen molar-refractivity contribution in [3.8, 4) is 0 Å². The number of carbonyl (C=O) groups is 1. The van der Waals surface area contributed by atoms with Gasteiger partial charge in [-0.15, -0.1) is 0 Å². The van der Waals surface area contributed by atoms with Gasteiger partial charge in [-0.2, -0.15) is 5.10 Å². The minimum atomic E-state index is -0.0595. The zero-order chi connectivity index (χ0) is 10.7. The van der Waals surface area contributed by atoms with E-state index >= 15 is 0 Å². The van der Waals surface area contributed by atoms with E-state index in [0.717, 1.165) is 31.5 Å². The number of anilines is 1. The molecule has 0 bridgehead atoms. The van der Waals surface area contributed by atoms with Crippen LogP contribution in [0.15, 0.2) is 6.07 Å². The molecule has 0 unspecified atom stereocenters. The van der Waals surface area contributed by atoms with E-state index in [2.05, 4.69) is 20.8 Å². The van der Waals surface area contributed by atoms with Gasteiger partial charge >= 0.3 is 0 Å². The maximum absolute atomic E-state index is 11.7. The summed E-state index contributed by atoms with van der Waals surface area (Å²) in [5.74, 6) is 0.617. The highest BCUT2D eigenvalue weighted by molar-refractivity contribution is 5.94. The number of aryl methyl sites for hydroxylation is 1. The molecular weight excluding hydrogens is 192 g/mol. The number of H-pyrrole nitrogens is 1. The van der Waals surface area contributed by atoms with Crippen molar-refractivity contribution < 1.29 is 4.79 Å². The second kappa shape index (κ2) is 4.44. The molecule has 1 aromatic rings. The Labute approximate surface area is 88.6 Å². The van der Waals surface area contributed by atoms with Crippen molar-refractivity contribution in [1.29, 1.82) is 0 Å².